The van der Waals surface area contributed by atoms with Crippen molar-refractivity contribution in [2.75, 3.05) is 16.8 Å². The Morgan fingerprint density at radius 1 is 1.33 bits per heavy atom. The van der Waals surface area contributed by atoms with Crippen LogP contribution in [0.4, 0.5) is 11.5 Å². The van der Waals surface area contributed by atoms with Crippen LogP contribution in [-0.4, -0.2) is 28.5 Å². The molecule has 1 aromatic rings. The molecule has 1 saturated carbocycles. The summed E-state index contributed by atoms with van der Waals surface area (Å²) in [6, 6.07) is 0.426. The molecule has 114 valence electrons. The van der Waals surface area contributed by atoms with E-state index in [1.54, 1.807) is 6.20 Å². The third-order valence-electron chi connectivity index (χ3n) is 4.46. The van der Waals surface area contributed by atoms with Gasteiger partial charge < -0.3 is 10.2 Å². The van der Waals surface area contributed by atoms with Crippen molar-refractivity contribution in [2.24, 2.45) is 5.41 Å². The Hall–Kier alpha value is -1.36. The number of nitrogens with one attached hydrogen (secondary N) is 1. The summed E-state index contributed by atoms with van der Waals surface area (Å²) in [4.78, 5) is 23.1. The second kappa shape index (κ2) is 5.44. The fraction of sp³-hybridized carbons (Fsp3) is 0.667. The van der Waals surface area contributed by atoms with E-state index in [4.69, 9.17) is 11.6 Å². The molecule has 0 radical (unpaired) electrons. The fourth-order valence-electron chi connectivity index (χ4n) is 3.22. The molecule has 6 heteroatoms. The second-order valence-corrected chi connectivity index (χ2v) is 6.97. The lowest BCUT2D eigenvalue weighted by Gasteiger charge is -2.37. The van der Waals surface area contributed by atoms with Crippen molar-refractivity contribution in [1.29, 1.82) is 0 Å². The van der Waals surface area contributed by atoms with Gasteiger partial charge in [-0.25, -0.2) is 4.98 Å². The number of carbonyl (C=O) groups excluding carboxylic acids is 1. The van der Waals surface area contributed by atoms with Crippen molar-refractivity contribution in [3.63, 3.8) is 0 Å². The van der Waals surface area contributed by atoms with E-state index in [0.29, 0.717) is 18.3 Å². The van der Waals surface area contributed by atoms with E-state index in [0.717, 1.165) is 18.7 Å². The summed E-state index contributed by atoms with van der Waals surface area (Å²) in [5.41, 5.74) is 0.200. The molecule has 0 spiro atoms. The van der Waals surface area contributed by atoms with Crippen LogP contribution in [0.2, 0.25) is 5.28 Å². The quantitative estimate of drug-likeness (QED) is 0.809. The van der Waals surface area contributed by atoms with Gasteiger partial charge in [-0.1, -0.05) is 19.3 Å². The third-order valence-corrected chi connectivity index (χ3v) is 4.64. The van der Waals surface area contributed by atoms with Crippen LogP contribution in [0.25, 0.3) is 0 Å². The average molecular weight is 309 g/mol. The molecule has 0 aromatic carbocycles. The minimum Gasteiger partial charge on any atom is -0.351 e. The predicted octanol–water partition coefficient (Wildman–Crippen LogP) is 3.25. The van der Waals surface area contributed by atoms with Gasteiger partial charge >= 0.3 is 0 Å². The van der Waals surface area contributed by atoms with Gasteiger partial charge in [0, 0.05) is 12.6 Å². The molecule has 0 saturated heterocycles. The monoisotopic (exact) mass is 308 g/mol. The number of halogens is 1. The van der Waals surface area contributed by atoms with E-state index < -0.39 is 5.41 Å². The molecule has 1 aromatic heterocycles. The molecule has 1 N–H and O–H groups in total. The Kier molecular flexibility index (Phi) is 3.78. The molecular weight excluding hydrogens is 288 g/mol. The fourth-order valence-corrected chi connectivity index (χ4v) is 3.35. The smallest absolute Gasteiger partial charge is 0.231 e. The minimum absolute atomic E-state index is 0.00739. The maximum absolute atomic E-state index is 12.4. The van der Waals surface area contributed by atoms with Crippen LogP contribution < -0.4 is 10.2 Å². The number of rotatable bonds is 1. The molecule has 2 heterocycles. The molecule has 0 bridgehead atoms. The van der Waals surface area contributed by atoms with Crippen molar-refractivity contribution >= 4 is 29.0 Å². The average Bonchev–Trinajstić information content (AvgIpc) is 2.56. The Balaban J connectivity index is 2.03. The highest BCUT2D eigenvalue weighted by molar-refractivity contribution is 6.28. The Morgan fingerprint density at radius 3 is 2.76 bits per heavy atom. The maximum atomic E-state index is 12.4. The number of hydrogen-bond donors (Lipinski definition) is 1. The normalized spacial score (nSPS) is 22.4. The van der Waals surface area contributed by atoms with E-state index in [1.165, 1.54) is 19.3 Å². The van der Waals surface area contributed by atoms with Gasteiger partial charge in [0.25, 0.3) is 0 Å². The van der Waals surface area contributed by atoms with Crippen LogP contribution in [0.15, 0.2) is 6.20 Å². The van der Waals surface area contributed by atoms with Gasteiger partial charge in [-0.3, -0.25) is 4.79 Å². The summed E-state index contributed by atoms with van der Waals surface area (Å²) in [5.74, 6) is 0.772. The predicted molar refractivity (Wildman–Crippen MR) is 83.7 cm³/mol. The molecule has 3 rings (SSSR count). The first kappa shape index (κ1) is 14.6. The number of amides is 1. The summed E-state index contributed by atoms with van der Waals surface area (Å²) in [7, 11) is 0. The van der Waals surface area contributed by atoms with Gasteiger partial charge in [0.15, 0.2) is 5.82 Å². The van der Waals surface area contributed by atoms with Crippen molar-refractivity contribution in [2.45, 2.75) is 52.0 Å². The van der Waals surface area contributed by atoms with Gasteiger partial charge in [-0.2, -0.15) is 4.98 Å². The van der Waals surface area contributed by atoms with Crippen molar-refractivity contribution in [3.8, 4) is 0 Å². The minimum atomic E-state index is -0.468. The first-order chi connectivity index (χ1) is 9.97. The highest BCUT2D eigenvalue weighted by atomic mass is 35.5. The molecule has 0 unspecified atom stereocenters. The van der Waals surface area contributed by atoms with Gasteiger partial charge in [-0.05, 0) is 38.3 Å². The van der Waals surface area contributed by atoms with Gasteiger partial charge in [0.1, 0.15) is 5.69 Å². The molecule has 1 fully saturated rings. The van der Waals surface area contributed by atoms with Gasteiger partial charge in [0.2, 0.25) is 11.2 Å². The lowest BCUT2D eigenvalue weighted by atomic mass is 9.89. The molecular formula is C15H21ClN4O. The summed E-state index contributed by atoms with van der Waals surface area (Å²) >= 11 is 5.98. The maximum Gasteiger partial charge on any atom is 0.231 e. The van der Waals surface area contributed by atoms with E-state index in [1.807, 2.05) is 13.8 Å². The SMILES string of the molecule is CC1(C)CN(C2CCCCC2)c2nc(Cl)ncc2NC1=O. The molecule has 0 atom stereocenters. The summed E-state index contributed by atoms with van der Waals surface area (Å²) in [5, 5.41) is 3.17. The van der Waals surface area contributed by atoms with E-state index in [9.17, 15) is 4.79 Å². The van der Waals surface area contributed by atoms with Crippen LogP contribution >= 0.6 is 11.6 Å². The molecule has 1 amide bonds. The number of anilines is 2. The molecule has 1 aliphatic carbocycles. The van der Waals surface area contributed by atoms with E-state index in [-0.39, 0.29) is 11.2 Å². The van der Waals surface area contributed by atoms with Crippen molar-refractivity contribution < 1.29 is 4.79 Å². The largest absolute Gasteiger partial charge is 0.351 e. The van der Waals surface area contributed by atoms with E-state index in [2.05, 4.69) is 20.2 Å². The zero-order valence-corrected chi connectivity index (χ0v) is 13.3. The van der Waals surface area contributed by atoms with Gasteiger partial charge in [-0.15, -0.1) is 0 Å². The highest BCUT2D eigenvalue weighted by Crippen LogP contribution is 2.37. The molecule has 2 aliphatic rings. The summed E-state index contributed by atoms with van der Waals surface area (Å²) in [6.07, 6.45) is 7.66. The second-order valence-electron chi connectivity index (χ2n) is 6.63. The van der Waals surface area contributed by atoms with Crippen LogP contribution in [0, 0.1) is 5.41 Å². The standard InChI is InChI=1S/C15H21ClN4O/c1-15(2)9-20(10-6-4-3-5-7-10)12-11(18-13(15)21)8-17-14(16)19-12/h8,10H,3-7,9H2,1-2H3,(H,18,21). The first-order valence-corrected chi connectivity index (χ1v) is 7.96. The number of fused-ring (bicyclic) bond motifs is 1. The summed E-state index contributed by atoms with van der Waals surface area (Å²) in [6.45, 7) is 4.60. The lowest BCUT2D eigenvalue weighted by molar-refractivity contribution is -0.123. The topological polar surface area (TPSA) is 58.1 Å². The number of aromatic nitrogens is 2. The zero-order chi connectivity index (χ0) is 15.0. The van der Waals surface area contributed by atoms with E-state index >= 15 is 0 Å². The van der Waals surface area contributed by atoms with Crippen LogP contribution in [0.1, 0.15) is 46.0 Å². The van der Waals surface area contributed by atoms with Crippen LogP contribution in [-0.2, 0) is 4.79 Å². The summed E-state index contributed by atoms with van der Waals surface area (Å²) < 4.78 is 0. The van der Waals surface area contributed by atoms with Gasteiger partial charge in [0.05, 0.1) is 11.6 Å². The van der Waals surface area contributed by atoms with Crippen molar-refractivity contribution in [1.82, 2.24) is 9.97 Å². The number of nitrogens with zero attached hydrogens (tertiary/aromatic N) is 3. The Morgan fingerprint density at radius 2 is 2.05 bits per heavy atom. The highest BCUT2D eigenvalue weighted by Gasteiger charge is 2.38. The molecule has 1 aliphatic heterocycles. The Bertz CT molecular complexity index is 555. The lowest BCUT2D eigenvalue weighted by Crippen LogP contribution is -2.45. The van der Waals surface area contributed by atoms with Crippen molar-refractivity contribution in [3.05, 3.63) is 11.5 Å². The third kappa shape index (κ3) is 2.84. The number of hydrogen-bond acceptors (Lipinski definition) is 4. The van der Waals surface area contributed by atoms with Crippen LogP contribution in [0.5, 0.6) is 0 Å². The first-order valence-electron chi connectivity index (χ1n) is 7.58. The van der Waals surface area contributed by atoms with Crippen LogP contribution in [0.3, 0.4) is 0 Å². The Labute approximate surface area is 130 Å². The number of carbonyl (C=O) groups is 1. The molecule has 5 nitrogen and oxygen atoms in total. The zero-order valence-electron chi connectivity index (χ0n) is 12.5. The molecule has 21 heavy (non-hydrogen) atoms.